The Labute approximate surface area is 125 Å². The zero-order chi connectivity index (χ0) is 15.4. The van der Waals surface area contributed by atoms with Gasteiger partial charge < -0.3 is 4.79 Å². The van der Waals surface area contributed by atoms with E-state index in [0.29, 0.717) is 17.0 Å². The van der Waals surface area contributed by atoms with Gasteiger partial charge in [0.1, 0.15) is 6.29 Å². The van der Waals surface area contributed by atoms with Gasteiger partial charge in [-0.3, -0.25) is 0 Å². The van der Waals surface area contributed by atoms with Crippen molar-refractivity contribution in [1.29, 1.82) is 0 Å². The Balaban J connectivity index is 3.15. The van der Waals surface area contributed by atoms with E-state index < -0.39 is 8.07 Å². The summed E-state index contributed by atoms with van der Waals surface area (Å²) >= 11 is 0. The van der Waals surface area contributed by atoms with Crippen molar-refractivity contribution in [3.05, 3.63) is 35.4 Å². The average molecular weight is 291 g/mol. The van der Waals surface area contributed by atoms with Crippen LogP contribution in [0.25, 0.3) is 0 Å². The van der Waals surface area contributed by atoms with E-state index in [1.807, 2.05) is 0 Å². The minimum absolute atomic E-state index is 0.362. The van der Waals surface area contributed by atoms with Crippen molar-refractivity contribution in [1.82, 2.24) is 0 Å². The predicted octanol–water partition coefficient (Wildman–Crippen LogP) is 5.50. The molecule has 0 spiro atoms. The molecule has 0 aliphatic rings. The van der Waals surface area contributed by atoms with Gasteiger partial charge >= 0.3 is 0 Å². The molecule has 2 heteroatoms. The number of rotatable bonds is 6. The van der Waals surface area contributed by atoms with Crippen LogP contribution in [0.4, 0.5) is 0 Å². The van der Waals surface area contributed by atoms with E-state index in [4.69, 9.17) is 0 Å². The first-order chi connectivity index (χ1) is 9.21. The Morgan fingerprint density at radius 3 is 2.30 bits per heavy atom. The normalized spacial score (nSPS) is 14.1. The molecule has 20 heavy (non-hydrogen) atoms. The zero-order valence-electron chi connectivity index (χ0n) is 14.0. The molecule has 1 unspecified atom stereocenters. The number of benzene rings is 1. The largest absolute Gasteiger partial charge is 0.303 e. The van der Waals surface area contributed by atoms with Gasteiger partial charge in [0.25, 0.3) is 0 Å². The van der Waals surface area contributed by atoms with E-state index in [-0.39, 0.29) is 0 Å². The fourth-order valence-corrected chi connectivity index (χ4v) is 5.88. The van der Waals surface area contributed by atoms with Gasteiger partial charge in [0.2, 0.25) is 0 Å². The molecular weight excluding hydrogens is 260 g/mol. The number of hydrogen-bond donors (Lipinski definition) is 0. The lowest BCUT2D eigenvalue weighted by Crippen LogP contribution is -2.44. The second-order valence-corrected chi connectivity index (χ2v) is 13.1. The Morgan fingerprint density at radius 1 is 1.20 bits per heavy atom. The fourth-order valence-electron chi connectivity index (χ4n) is 2.81. The van der Waals surface area contributed by atoms with Crippen LogP contribution in [0.1, 0.15) is 56.7 Å². The fraction of sp³-hybridized carbons (Fsp3) is 0.611. The highest BCUT2D eigenvalue weighted by atomic mass is 28.3. The number of carbonyl (C=O) groups is 1. The van der Waals surface area contributed by atoms with Crippen LogP contribution in [0.2, 0.25) is 18.1 Å². The van der Waals surface area contributed by atoms with E-state index in [1.54, 1.807) is 0 Å². The number of unbranched alkanes of at least 4 members (excludes halogenated alkanes) is 1. The zero-order valence-corrected chi connectivity index (χ0v) is 15.0. The van der Waals surface area contributed by atoms with E-state index in [1.165, 1.54) is 11.1 Å². The van der Waals surface area contributed by atoms with Crippen molar-refractivity contribution >= 4 is 14.4 Å². The van der Waals surface area contributed by atoms with Gasteiger partial charge in [-0.1, -0.05) is 58.1 Å². The molecule has 112 valence electrons. The first-order valence-electron chi connectivity index (χ1n) is 7.71. The number of aryl methyl sites for hydroxylation is 1. The highest BCUT2D eigenvalue weighted by Gasteiger charge is 2.42. The van der Waals surface area contributed by atoms with Gasteiger partial charge in [0.15, 0.2) is 0 Å². The van der Waals surface area contributed by atoms with Crippen LogP contribution in [-0.4, -0.2) is 14.4 Å². The predicted molar refractivity (Wildman–Crippen MR) is 91.0 cm³/mol. The molecule has 1 aromatic rings. The Morgan fingerprint density at radius 2 is 1.80 bits per heavy atom. The molecule has 0 aliphatic carbocycles. The number of carbonyl (C=O) groups excluding carboxylic acids is 1. The molecule has 0 saturated heterocycles. The van der Waals surface area contributed by atoms with Gasteiger partial charge in [-0.05, 0) is 41.5 Å². The SMILES string of the molecule is Cc1ccccc1C(CCCC=O)[Si](C)(C)C(C)(C)C. The van der Waals surface area contributed by atoms with Crippen molar-refractivity contribution < 1.29 is 4.79 Å². The molecule has 0 aromatic heterocycles. The Kier molecular flexibility index (Phi) is 5.75. The topological polar surface area (TPSA) is 17.1 Å². The van der Waals surface area contributed by atoms with Crippen LogP contribution in [0.15, 0.2) is 24.3 Å². The van der Waals surface area contributed by atoms with Crippen LogP contribution in [0, 0.1) is 6.92 Å². The highest BCUT2D eigenvalue weighted by molar-refractivity contribution is 6.81. The molecule has 0 N–H and O–H groups in total. The summed E-state index contributed by atoms with van der Waals surface area (Å²) in [6.45, 7) is 14.4. The summed E-state index contributed by atoms with van der Waals surface area (Å²) in [6.07, 6.45) is 3.90. The minimum atomic E-state index is -1.47. The summed E-state index contributed by atoms with van der Waals surface area (Å²) in [5.74, 6) is 0. The molecule has 0 amide bonds. The summed E-state index contributed by atoms with van der Waals surface area (Å²) in [7, 11) is -1.47. The number of aldehydes is 1. The lowest BCUT2D eigenvalue weighted by atomic mass is 10.0. The molecule has 1 atom stereocenters. The standard InChI is InChI=1S/C18H30OSi/c1-15-11-7-8-12-16(15)17(13-9-10-14-19)20(5,6)18(2,3)4/h7-8,11-12,14,17H,9-10,13H2,1-6H3. The third-order valence-electron chi connectivity index (χ3n) is 5.18. The van der Waals surface area contributed by atoms with Gasteiger partial charge in [-0.25, -0.2) is 0 Å². The van der Waals surface area contributed by atoms with Gasteiger partial charge in [-0.15, -0.1) is 0 Å². The Bertz CT molecular complexity index is 443. The maximum absolute atomic E-state index is 10.6. The third-order valence-corrected chi connectivity index (χ3v) is 11.4. The minimum Gasteiger partial charge on any atom is -0.303 e. The monoisotopic (exact) mass is 290 g/mol. The molecule has 1 nitrogen and oxygen atoms in total. The van der Waals surface area contributed by atoms with Crippen molar-refractivity contribution in [2.75, 3.05) is 0 Å². The highest BCUT2D eigenvalue weighted by Crippen LogP contribution is 2.47. The van der Waals surface area contributed by atoms with E-state index >= 15 is 0 Å². The van der Waals surface area contributed by atoms with Crippen molar-refractivity contribution in [2.45, 2.75) is 70.6 Å². The first kappa shape index (κ1) is 17.2. The Hall–Kier alpha value is -0.893. The first-order valence-corrected chi connectivity index (χ1v) is 10.8. The molecule has 0 aliphatic heterocycles. The van der Waals surface area contributed by atoms with Gasteiger partial charge in [0.05, 0.1) is 8.07 Å². The average Bonchev–Trinajstić information content (AvgIpc) is 2.34. The van der Waals surface area contributed by atoms with Crippen LogP contribution < -0.4 is 0 Å². The lowest BCUT2D eigenvalue weighted by Gasteiger charge is -2.44. The van der Waals surface area contributed by atoms with Crippen LogP contribution in [0.5, 0.6) is 0 Å². The van der Waals surface area contributed by atoms with Gasteiger partial charge in [0, 0.05) is 6.42 Å². The van der Waals surface area contributed by atoms with Crippen LogP contribution >= 0.6 is 0 Å². The van der Waals surface area contributed by atoms with E-state index in [9.17, 15) is 4.79 Å². The molecule has 0 heterocycles. The van der Waals surface area contributed by atoms with Crippen molar-refractivity contribution in [3.63, 3.8) is 0 Å². The summed E-state index contributed by atoms with van der Waals surface area (Å²) in [4.78, 5) is 10.6. The summed E-state index contributed by atoms with van der Waals surface area (Å²) in [6, 6.07) is 8.78. The van der Waals surface area contributed by atoms with E-state index in [0.717, 1.165) is 19.1 Å². The molecule has 0 saturated carbocycles. The quantitative estimate of drug-likeness (QED) is 0.384. The maximum atomic E-state index is 10.6. The molecule has 0 fully saturated rings. The molecule has 0 radical (unpaired) electrons. The summed E-state index contributed by atoms with van der Waals surface area (Å²) in [5.41, 5.74) is 3.53. The molecular formula is C18H30OSi. The van der Waals surface area contributed by atoms with Gasteiger partial charge in [-0.2, -0.15) is 0 Å². The molecule has 1 rings (SSSR count). The second kappa shape index (κ2) is 6.71. The molecule has 0 bridgehead atoms. The maximum Gasteiger partial charge on any atom is 0.119 e. The summed E-state index contributed by atoms with van der Waals surface area (Å²) in [5, 5.41) is 0.362. The van der Waals surface area contributed by atoms with E-state index in [2.05, 4.69) is 65.1 Å². The third kappa shape index (κ3) is 3.82. The smallest absolute Gasteiger partial charge is 0.119 e. The summed E-state index contributed by atoms with van der Waals surface area (Å²) < 4.78 is 0. The molecule has 1 aromatic carbocycles. The van der Waals surface area contributed by atoms with Crippen molar-refractivity contribution in [2.24, 2.45) is 0 Å². The number of hydrogen-bond acceptors (Lipinski definition) is 1. The second-order valence-electron chi connectivity index (χ2n) is 7.48. The van der Waals surface area contributed by atoms with Crippen molar-refractivity contribution in [3.8, 4) is 0 Å². The van der Waals surface area contributed by atoms with Crippen LogP contribution in [-0.2, 0) is 4.79 Å². The van der Waals surface area contributed by atoms with Crippen LogP contribution in [0.3, 0.4) is 0 Å². The lowest BCUT2D eigenvalue weighted by molar-refractivity contribution is -0.107.